The number of hydrazine groups is 1. The molecule has 0 fully saturated rings. The minimum Gasteiger partial charge on any atom is -0.324 e. The second-order valence-electron chi connectivity index (χ2n) is 3.50. The zero-order valence-corrected chi connectivity index (χ0v) is 7.72. The van der Waals surface area contributed by atoms with Gasteiger partial charge in [0.15, 0.2) is 0 Å². The Hall–Kier alpha value is -0.500. The van der Waals surface area contributed by atoms with E-state index in [-0.39, 0.29) is 0 Å². The summed E-state index contributed by atoms with van der Waals surface area (Å²) in [4.78, 5) is 0. The molecular weight excluding hydrogens is 136 g/mol. The van der Waals surface area contributed by atoms with Gasteiger partial charge in [-0.1, -0.05) is 13.0 Å². The van der Waals surface area contributed by atoms with E-state index in [0.29, 0.717) is 5.92 Å². The Bertz CT molecular complexity index is 150. The van der Waals surface area contributed by atoms with Gasteiger partial charge >= 0.3 is 0 Å². The number of hydrogen-bond acceptors (Lipinski definition) is 2. The number of allylic oxidation sites excluding steroid dienone is 2. The first-order valence-electron chi connectivity index (χ1n) is 4.34. The van der Waals surface area contributed by atoms with Crippen molar-refractivity contribution < 1.29 is 0 Å². The maximum atomic E-state index is 3.33. The van der Waals surface area contributed by atoms with Crippen molar-refractivity contribution >= 4 is 0 Å². The second kappa shape index (κ2) is 3.77. The van der Waals surface area contributed by atoms with Crippen LogP contribution in [0.5, 0.6) is 0 Å². The van der Waals surface area contributed by atoms with Crippen LogP contribution < -0.4 is 5.43 Å². The van der Waals surface area contributed by atoms with Crippen LogP contribution in [0.1, 0.15) is 26.2 Å². The fourth-order valence-corrected chi connectivity index (χ4v) is 1.45. The molecule has 0 amide bonds. The summed E-state index contributed by atoms with van der Waals surface area (Å²) in [7, 11) is 4.06. The lowest BCUT2D eigenvalue weighted by Crippen LogP contribution is -2.33. The zero-order chi connectivity index (χ0) is 8.27. The van der Waals surface area contributed by atoms with Gasteiger partial charge in [-0.15, -0.1) is 0 Å². The highest BCUT2D eigenvalue weighted by molar-refractivity contribution is 5.05. The normalized spacial score (nSPS) is 25.1. The highest BCUT2D eigenvalue weighted by Gasteiger charge is 2.12. The zero-order valence-electron chi connectivity index (χ0n) is 7.72. The molecule has 1 unspecified atom stereocenters. The number of hydrogen-bond donors (Lipinski definition) is 1. The summed E-state index contributed by atoms with van der Waals surface area (Å²) < 4.78 is 0. The summed E-state index contributed by atoms with van der Waals surface area (Å²) in [5.41, 5.74) is 4.72. The summed E-state index contributed by atoms with van der Waals surface area (Å²) in [6.45, 7) is 2.28. The molecule has 1 atom stereocenters. The third-order valence-corrected chi connectivity index (χ3v) is 2.09. The molecule has 0 radical (unpaired) electrons. The van der Waals surface area contributed by atoms with Crippen molar-refractivity contribution in [3.8, 4) is 0 Å². The van der Waals surface area contributed by atoms with E-state index >= 15 is 0 Å². The van der Waals surface area contributed by atoms with Crippen LogP contribution in [0.25, 0.3) is 0 Å². The Morgan fingerprint density at radius 1 is 1.55 bits per heavy atom. The van der Waals surface area contributed by atoms with Gasteiger partial charge < -0.3 is 5.43 Å². The average molecular weight is 154 g/mol. The molecule has 1 aliphatic rings. The lowest BCUT2D eigenvalue weighted by Gasteiger charge is -2.25. The molecule has 0 saturated heterocycles. The van der Waals surface area contributed by atoms with Crippen LogP contribution in [0.4, 0.5) is 0 Å². The Morgan fingerprint density at radius 3 is 2.82 bits per heavy atom. The van der Waals surface area contributed by atoms with E-state index in [1.807, 2.05) is 19.1 Å². The van der Waals surface area contributed by atoms with Crippen LogP contribution in [0, 0.1) is 5.92 Å². The van der Waals surface area contributed by atoms with E-state index in [1.165, 1.54) is 25.0 Å². The second-order valence-corrected chi connectivity index (χ2v) is 3.50. The highest BCUT2D eigenvalue weighted by atomic mass is 15.5. The summed E-state index contributed by atoms with van der Waals surface area (Å²) in [5, 5.41) is 2.01. The molecule has 1 N–H and O–H groups in total. The standard InChI is InChI=1S/C9H18N2/c1-8-6-4-5-7-9(8)10-11(2)3/h7-8,10H,4-6H2,1-3H3. The van der Waals surface area contributed by atoms with Crippen molar-refractivity contribution in [1.82, 2.24) is 10.4 Å². The molecule has 0 aromatic carbocycles. The van der Waals surface area contributed by atoms with Crippen LogP contribution in [0.2, 0.25) is 0 Å². The predicted molar refractivity (Wildman–Crippen MR) is 47.9 cm³/mol. The first kappa shape index (κ1) is 8.60. The molecule has 0 aromatic rings. The van der Waals surface area contributed by atoms with Crippen LogP contribution in [-0.4, -0.2) is 19.1 Å². The van der Waals surface area contributed by atoms with Gasteiger partial charge in [0, 0.05) is 19.8 Å². The highest BCUT2D eigenvalue weighted by Crippen LogP contribution is 2.21. The van der Waals surface area contributed by atoms with E-state index in [1.54, 1.807) is 0 Å². The SMILES string of the molecule is CC1CCCC=C1NN(C)C. The van der Waals surface area contributed by atoms with E-state index in [0.717, 1.165) is 0 Å². The first-order valence-corrected chi connectivity index (χ1v) is 4.34. The maximum Gasteiger partial charge on any atom is 0.0252 e. The molecule has 64 valence electrons. The van der Waals surface area contributed by atoms with Crippen molar-refractivity contribution in [1.29, 1.82) is 0 Å². The molecule has 0 heterocycles. The Morgan fingerprint density at radius 2 is 2.27 bits per heavy atom. The van der Waals surface area contributed by atoms with E-state index in [2.05, 4.69) is 18.4 Å². The molecule has 0 bridgehead atoms. The van der Waals surface area contributed by atoms with Crippen molar-refractivity contribution in [2.45, 2.75) is 26.2 Å². The number of nitrogens with zero attached hydrogens (tertiary/aromatic N) is 1. The van der Waals surface area contributed by atoms with Crippen molar-refractivity contribution in [3.63, 3.8) is 0 Å². The number of rotatable bonds is 2. The molecule has 0 spiro atoms. The molecule has 2 nitrogen and oxygen atoms in total. The lowest BCUT2D eigenvalue weighted by atomic mass is 9.94. The molecule has 0 aromatic heterocycles. The quantitative estimate of drug-likeness (QED) is 0.610. The van der Waals surface area contributed by atoms with Crippen molar-refractivity contribution in [2.24, 2.45) is 5.92 Å². The Balaban J connectivity index is 2.47. The molecule has 0 aliphatic heterocycles. The van der Waals surface area contributed by atoms with Crippen LogP contribution in [-0.2, 0) is 0 Å². The van der Waals surface area contributed by atoms with Gasteiger partial charge in [-0.2, -0.15) is 0 Å². The fraction of sp³-hybridized carbons (Fsp3) is 0.778. The van der Waals surface area contributed by atoms with Gasteiger partial charge in [0.25, 0.3) is 0 Å². The van der Waals surface area contributed by atoms with E-state index in [9.17, 15) is 0 Å². The summed E-state index contributed by atoms with van der Waals surface area (Å²) >= 11 is 0. The Labute approximate surface area is 69.2 Å². The topological polar surface area (TPSA) is 15.3 Å². The van der Waals surface area contributed by atoms with Gasteiger partial charge in [-0.05, 0) is 25.2 Å². The predicted octanol–water partition coefficient (Wildman–Crippen LogP) is 1.76. The molecule has 11 heavy (non-hydrogen) atoms. The lowest BCUT2D eigenvalue weighted by molar-refractivity contribution is 0.298. The van der Waals surface area contributed by atoms with Crippen LogP contribution >= 0.6 is 0 Å². The van der Waals surface area contributed by atoms with Gasteiger partial charge in [-0.25, -0.2) is 5.01 Å². The smallest absolute Gasteiger partial charge is 0.0252 e. The van der Waals surface area contributed by atoms with Crippen LogP contribution in [0.15, 0.2) is 11.8 Å². The monoisotopic (exact) mass is 154 g/mol. The molecule has 2 heteroatoms. The largest absolute Gasteiger partial charge is 0.324 e. The summed E-state index contributed by atoms with van der Waals surface area (Å²) in [6.07, 6.45) is 6.22. The van der Waals surface area contributed by atoms with Crippen LogP contribution in [0.3, 0.4) is 0 Å². The Kier molecular flexibility index (Phi) is 2.94. The van der Waals surface area contributed by atoms with Gasteiger partial charge in [0.05, 0.1) is 0 Å². The third-order valence-electron chi connectivity index (χ3n) is 2.09. The van der Waals surface area contributed by atoms with Crippen molar-refractivity contribution in [2.75, 3.05) is 14.1 Å². The van der Waals surface area contributed by atoms with Gasteiger partial charge in [-0.3, -0.25) is 0 Å². The summed E-state index contributed by atoms with van der Waals surface area (Å²) in [5.74, 6) is 0.714. The first-order chi connectivity index (χ1) is 5.20. The van der Waals surface area contributed by atoms with Gasteiger partial charge in [0.2, 0.25) is 0 Å². The maximum absolute atomic E-state index is 3.33. The summed E-state index contributed by atoms with van der Waals surface area (Å²) in [6, 6.07) is 0. The number of nitrogens with one attached hydrogen (secondary N) is 1. The van der Waals surface area contributed by atoms with E-state index < -0.39 is 0 Å². The molecular formula is C9H18N2. The molecule has 1 rings (SSSR count). The fourth-order valence-electron chi connectivity index (χ4n) is 1.45. The molecule has 0 saturated carbocycles. The average Bonchev–Trinajstić information content (AvgIpc) is 1.93. The van der Waals surface area contributed by atoms with E-state index in [4.69, 9.17) is 0 Å². The molecule has 1 aliphatic carbocycles. The minimum absolute atomic E-state index is 0.714. The van der Waals surface area contributed by atoms with Gasteiger partial charge in [0.1, 0.15) is 0 Å². The third kappa shape index (κ3) is 2.54. The minimum atomic E-state index is 0.714. The van der Waals surface area contributed by atoms with Crippen molar-refractivity contribution in [3.05, 3.63) is 11.8 Å².